The Bertz CT molecular complexity index is 976. The Balaban J connectivity index is 1.76. The first-order chi connectivity index (χ1) is 11.6. The Labute approximate surface area is 147 Å². The van der Waals surface area contributed by atoms with Gasteiger partial charge in [0.2, 0.25) is 0 Å². The standard InChI is InChI=1S/C17H12Cl2N4O/c18-9-4-3-7-12(15(9)19)23-8-13(24)14(16(23)20)17-21-10-5-1-2-6-11(10)22-17/h1-7,20,24H,8H2,(H,21,22). The second kappa shape index (κ2) is 5.54. The molecule has 0 fully saturated rings. The van der Waals surface area contributed by atoms with Gasteiger partial charge in [0, 0.05) is 0 Å². The summed E-state index contributed by atoms with van der Waals surface area (Å²) in [6.07, 6.45) is 0. The van der Waals surface area contributed by atoms with Gasteiger partial charge < -0.3 is 15.0 Å². The van der Waals surface area contributed by atoms with Gasteiger partial charge >= 0.3 is 0 Å². The lowest BCUT2D eigenvalue weighted by Crippen LogP contribution is -2.26. The number of imidazole rings is 1. The lowest BCUT2D eigenvalue weighted by atomic mass is 10.2. The minimum Gasteiger partial charge on any atom is -0.509 e. The van der Waals surface area contributed by atoms with Gasteiger partial charge in [0.25, 0.3) is 0 Å². The largest absolute Gasteiger partial charge is 0.509 e. The van der Waals surface area contributed by atoms with Crippen molar-refractivity contribution < 1.29 is 5.11 Å². The summed E-state index contributed by atoms with van der Waals surface area (Å²) < 4.78 is 0. The molecule has 0 radical (unpaired) electrons. The first kappa shape index (κ1) is 15.1. The third-order valence-corrected chi connectivity index (χ3v) is 4.76. The number of hydrogen-bond donors (Lipinski definition) is 3. The van der Waals surface area contributed by atoms with Crippen LogP contribution in [-0.4, -0.2) is 27.5 Å². The number of fused-ring (bicyclic) bond motifs is 1. The van der Waals surface area contributed by atoms with Crippen molar-refractivity contribution in [1.29, 1.82) is 5.41 Å². The summed E-state index contributed by atoms with van der Waals surface area (Å²) in [5, 5.41) is 19.6. The van der Waals surface area contributed by atoms with E-state index in [-0.39, 0.29) is 18.1 Å². The zero-order valence-electron chi connectivity index (χ0n) is 12.3. The van der Waals surface area contributed by atoms with E-state index in [4.69, 9.17) is 28.6 Å². The Morgan fingerprint density at radius 1 is 1.12 bits per heavy atom. The number of anilines is 1. The van der Waals surface area contributed by atoms with Gasteiger partial charge in [0.05, 0.1) is 38.9 Å². The molecule has 0 spiro atoms. The highest BCUT2D eigenvalue weighted by atomic mass is 35.5. The lowest BCUT2D eigenvalue weighted by molar-refractivity contribution is 0.411. The summed E-state index contributed by atoms with van der Waals surface area (Å²) in [5.74, 6) is 0.644. The van der Waals surface area contributed by atoms with Crippen LogP contribution >= 0.6 is 23.2 Å². The topological polar surface area (TPSA) is 76.0 Å². The number of aliphatic hydroxyl groups is 1. The normalized spacial score (nSPS) is 14.9. The van der Waals surface area contributed by atoms with Gasteiger partial charge in [0.15, 0.2) is 0 Å². The van der Waals surface area contributed by atoms with Gasteiger partial charge in [-0.15, -0.1) is 0 Å². The summed E-state index contributed by atoms with van der Waals surface area (Å²) in [5.41, 5.74) is 2.56. The van der Waals surface area contributed by atoms with Gasteiger partial charge in [-0.3, -0.25) is 5.41 Å². The molecule has 0 atom stereocenters. The van der Waals surface area contributed by atoms with E-state index >= 15 is 0 Å². The third kappa shape index (κ3) is 2.25. The van der Waals surface area contributed by atoms with Crippen LogP contribution in [0.1, 0.15) is 5.82 Å². The molecule has 0 saturated heterocycles. The monoisotopic (exact) mass is 358 g/mol. The van der Waals surface area contributed by atoms with E-state index in [0.29, 0.717) is 27.1 Å². The highest BCUT2D eigenvalue weighted by Crippen LogP contribution is 2.37. The second-order valence-corrected chi connectivity index (χ2v) is 6.22. The predicted molar refractivity (Wildman–Crippen MR) is 97.2 cm³/mol. The van der Waals surface area contributed by atoms with Crippen molar-refractivity contribution in [3.8, 4) is 0 Å². The Morgan fingerprint density at radius 3 is 2.71 bits per heavy atom. The number of amidine groups is 1. The third-order valence-electron chi connectivity index (χ3n) is 3.95. The van der Waals surface area contributed by atoms with E-state index in [2.05, 4.69) is 9.97 Å². The number of H-pyrrole nitrogens is 1. The summed E-state index contributed by atoms with van der Waals surface area (Å²) >= 11 is 12.3. The van der Waals surface area contributed by atoms with Gasteiger partial charge in [0.1, 0.15) is 17.4 Å². The van der Waals surface area contributed by atoms with E-state index in [9.17, 15) is 5.11 Å². The molecule has 1 aliphatic rings. The highest BCUT2D eigenvalue weighted by molar-refractivity contribution is 6.44. The molecule has 3 aromatic rings. The van der Waals surface area contributed by atoms with E-state index in [0.717, 1.165) is 11.0 Å². The quantitative estimate of drug-likeness (QED) is 0.624. The van der Waals surface area contributed by atoms with E-state index < -0.39 is 0 Å². The number of halogens is 2. The molecular weight excluding hydrogens is 347 g/mol. The average molecular weight is 359 g/mol. The van der Waals surface area contributed by atoms with Crippen LogP contribution in [0.2, 0.25) is 10.0 Å². The smallest absolute Gasteiger partial charge is 0.145 e. The number of hydrogen-bond acceptors (Lipinski definition) is 3. The first-order valence-electron chi connectivity index (χ1n) is 7.24. The van der Waals surface area contributed by atoms with Crippen molar-refractivity contribution in [2.24, 2.45) is 0 Å². The van der Waals surface area contributed by atoms with Crippen molar-refractivity contribution in [3.05, 3.63) is 64.1 Å². The minimum atomic E-state index is 0.0649. The molecule has 1 aliphatic heterocycles. The van der Waals surface area contributed by atoms with Crippen LogP contribution in [0.25, 0.3) is 16.6 Å². The molecule has 3 N–H and O–H groups in total. The molecule has 5 nitrogen and oxygen atoms in total. The number of aromatic nitrogens is 2. The maximum absolute atomic E-state index is 10.4. The fourth-order valence-corrected chi connectivity index (χ4v) is 3.20. The summed E-state index contributed by atoms with van der Waals surface area (Å²) in [7, 11) is 0. The van der Waals surface area contributed by atoms with Crippen molar-refractivity contribution >= 4 is 51.3 Å². The SMILES string of the molecule is N=C1C(c2nc3ccccc3[nH]2)=C(O)CN1c1cccc(Cl)c1Cl. The van der Waals surface area contributed by atoms with Crippen LogP contribution in [0.4, 0.5) is 5.69 Å². The molecule has 1 aromatic heterocycles. The van der Waals surface area contributed by atoms with Gasteiger partial charge in [-0.2, -0.15) is 0 Å². The van der Waals surface area contributed by atoms with Crippen molar-refractivity contribution in [1.82, 2.24) is 9.97 Å². The molecule has 4 rings (SSSR count). The molecule has 0 bridgehead atoms. The van der Waals surface area contributed by atoms with Gasteiger partial charge in [-0.05, 0) is 24.3 Å². The van der Waals surface area contributed by atoms with Crippen LogP contribution < -0.4 is 4.90 Å². The summed E-state index contributed by atoms with van der Waals surface area (Å²) in [6.45, 7) is 0.144. The zero-order chi connectivity index (χ0) is 16.8. The number of aliphatic hydroxyl groups excluding tert-OH is 1. The van der Waals surface area contributed by atoms with Gasteiger partial charge in [-0.1, -0.05) is 41.4 Å². The van der Waals surface area contributed by atoms with Crippen LogP contribution in [0.3, 0.4) is 0 Å². The highest BCUT2D eigenvalue weighted by Gasteiger charge is 2.32. The molecule has 24 heavy (non-hydrogen) atoms. The van der Waals surface area contributed by atoms with Gasteiger partial charge in [-0.25, -0.2) is 4.98 Å². The maximum Gasteiger partial charge on any atom is 0.145 e. The number of benzene rings is 2. The fourth-order valence-electron chi connectivity index (χ4n) is 2.81. The van der Waals surface area contributed by atoms with Crippen LogP contribution in [0.5, 0.6) is 0 Å². The Morgan fingerprint density at radius 2 is 1.92 bits per heavy atom. The molecular formula is C17H12Cl2N4O. The van der Waals surface area contributed by atoms with E-state index in [1.807, 2.05) is 24.3 Å². The molecule has 0 saturated carbocycles. The Hall–Kier alpha value is -2.50. The number of aromatic amines is 1. The van der Waals surface area contributed by atoms with E-state index in [1.165, 1.54) is 0 Å². The molecule has 0 aliphatic carbocycles. The van der Waals surface area contributed by atoms with E-state index in [1.54, 1.807) is 23.1 Å². The molecule has 0 unspecified atom stereocenters. The number of nitrogens with one attached hydrogen (secondary N) is 2. The average Bonchev–Trinajstić information content (AvgIpc) is 3.10. The number of rotatable bonds is 2. The van der Waals surface area contributed by atoms with Crippen molar-refractivity contribution in [3.63, 3.8) is 0 Å². The zero-order valence-corrected chi connectivity index (χ0v) is 13.9. The molecule has 2 heterocycles. The number of nitrogens with zero attached hydrogens (tertiary/aromatic N) is 2. The molecule has 0 amide bonds. The summed E-state index contributed by atoms with van der Waals surface area (Å²) in [6, 6.07) is 12.8. The van der Waals surface area contributed by atoms with Crippen molar-refractivity contribution in [2.75, 3.05) is 11.4 Å². The summed E-state index contributed by atoms with van der Waals surface area (Å²) in [4.78, 5) is 9.21. The van der Waals surface area contributed by atoms with Crippen LogP contribution in [-0.2, 0) is 0 Å². The molecule has 2 aromatic carbocycles. The molecule has 7 heteroatoms. The van der Waals surface area contributed by atoms with Crippen LogP contribution in [0, 0.1) is 5.41 Å². The number of para-hydroxylation sites is 2. The fraction of sp³-hybridized carbons (Fsp3) is 0.0588. The second-order valence-electron chi connectivity index (χ2n) is 5.43. The van der Waals surface area contributed by atoms with Crippen LogP contribution in [0.15, 0.2) is 48.2 Å². The van der Waals surface area contributed by atoms with Crippen molar-refractivity contribution in [2.45, 2.75) is 0 Å². The minimum absolute atomic E-state index is 0.0649. The lowest BCUT2D eigenvalue weighted by Gasteiger charge is -2.20. The predicted octanol–water partition coefficient (Wildman–Crippen LogP) is 4.64. The maximum atomic E-state index is 10.4. The first-order valence-corrected chi connectivity index (χ1v) is 7.99. The molecule has 120 valence electrons. The Kier molecular flexibility index (Phi) is 3.48.